The predicted octanol–water partition coefficient (Wildman–Crippen LogP) is 1.93. The number of pyridine rings is 1. The van der Waals surface area contributed by atoms with Gasteiger partial charge in [0.05, 0.1) is 11.6 Å². The van der Waals surface area contributed by atoms with E-state index in [1.807, 2.05) is 6.92 Å². The summed E-state index contributed by atoms with van der Waals surface area (Å²) in [4.78, 5) is 16.4. The number of halogens is 1. The molecule has 2 N–H and O–H groups in total. The van der Waals surface area contributed by atoms with Crippen LogP contribution in [0.3, 0.4) is 0 Å². The molecule has 1 amide bonds. The summed E-state index contributed by atoms with van der Waals surface area (Å²) < 4.78 is 5.32. The van der Waals surface area contributed by atoms with E-state index < -0.39 is 0 Å². The van der Waals surface area contributed by atoms with E-state index in [2.05, 4.69) is 15.6 Å². The Hall–Kier alpha value is -1.33. The molecule has 2 unspecified atom stereocenters. The predicted molar refractivity (Wildman–Crippen MR) is 74.6 cm³/mol. The summed E-state index contributed by atoms with van der Waals surface area (Å²) in [6.07, 6.45) is 0.971. The van der Waals surface area contributed by atoms with Crippen LogP contribution in [0.2, 0.25) is 5.02 Å². The van der Waals surface area contributed by atoms with E-state index in [1.165, 1.54) is 0 Å². The van der Waals surface area contributed by atoms with Gasteiger partial charge < -0.3 is 15.4 Å². The van der Waals surface area contributed by atoms with Crippen LogP contribution in [0.1, 0.15) is 23.8 Å². The molecule has 5 nitrogen and oxygen atoms in total. The lowest BCUT2D eigenvalue weighted by molar-refractivity contribution is 0.0917. The zero-order chi connectivity index (χ0) is 13.8. The van der Waals surface area contributed by atoms with Gasteiger partial charge in [0.2, 0.25) is 0 Å². The van der Waals surface area contributed by atoms with Crippen LogP contribution in [0.25, 0.3) is 0 Å². The van der Waals surface area contributed by atoms with Gasteiger partial charge in [-0.15, -0.1) is 0 Å². The van der Waals surface area contributed by atoms with Crippen molar-refractivity contribution in [2.24, 2.45) is 5.92 Å². The molecule has 0 saturated carbocycles. The van der Waals surface area contributed by atoms with Gasteiger partial charge in [-0.3, -0.25) is 4.79 Å². The lowest BCUT2D eigenvalue weighted by Crippen LogP contribution is -2.38. The van der Waals surface area contributed by atoms with E-state index in [4.69, 9.17) is 16.3 Å². The summed E-state index contributed by atoms with van der Waals surface area (Å²) in [5.74, 6) is 0.725. The zero-order valence-electron chi connectivity index (χ0n) is 11.1. The Kier molecular flexibility index (Phi) is 4.61. The number of carbonyl (C=O) groups is 1. The molecule has 2 heterocycles. The first-order valence-electron chi connectivity index (χ1n) is 6.34. The molecule has 1 aliphatic heterocycles. The number of ether oxygens (including phenoxy) is 1. The number of hydrogen-bond donors (Lipinski definition) is 2. The number of amides is 1. The van der Waals surface area contributed by atoms with Crippen LogP contribution in [-0.2, 0) is 4.74 Å². The van der Waals surface area contributed by atoms with Crippen molar-refractivity contribution in [2.45, 2.75) is 19.4 Å². The Bertz CT molecular complexity index is 461. The number of anilines is 1. The number of rotatable bonds is 4. The Morgan fingerprint density at radius 1 is 1.58 bits per heavy atom. The molecule has 104 valence electrons. The molecule has 1 aromatic heterocycles. The Labute approximate surface area is 117 Å². The molecule has 1 aliphatic rings. The quantitative estimate of drug-likeness (QED) is 0.886. The molecule has 19 heavy (non-hydrogen) atoms. The molecule has 0 radical (unpaired) electrons. The molecule has 6 heteroatoms. The summed E-state index contributed by atoms with van der Waals surface area (Å²) >= 11 is 6.02. The molecule has 1 fully saturated rings. The molecule has 0 bridgehead atoms. The highest BCUT2D eigenvalue weighted by atomic mass is 35.5. The minimum absolute atomic E-state index is 0.0473. The van der Waals surface area contributed by atoms with E-state index in [-0.39, 0.29) is 17.6 Å². The molecule has 0 aromatic carbocycles. The van der Waals surface area contributed by atoms with Gasteiger partial charge in [-0.25, -0.2) is 4.98 Å². The second-order valence-corrected chi connectivity index (χ2v) is 5.07. The third-order valence-electron chi connectivity index (χ3n) is 3.35. The molecule has 1 saturated heterocycles. The maximum Gasteiger partial charge on any atom is 0.271 e. The SMILES string of the molecule is CNc1ccc(Cl)c(C(=O)NC(C)C2CCOC2)n1. The van der Waals surface area contributed by atoms with Gasteiger partial charge in [-0.2, -0.15) is 0 Å². The van der Waals surface area contributed by atoms with Crippen molar-refractivity contribution in [2.75, 3.05) is 25.6 Å². The summed E-state index contributed by atoms with van der Waals surface area (Å²) in [5, 5.41) is 6.18. The van der Waals surface area contributed by atoms with Crippen LogP contribution in [0.15, 0.2) is 12.1 Å². The van der Waals surface area contributed by atoms with Crippen LogP contribution < -0.4 is 10.6 Å². The maximum absolute atomic E-state index is 12.2. The Morgan fingerprint density at radius 3 is 3.00 bits per heavy atom. The fraction of sp³-hybridized carbons (Fsp3) is 0.538. The summed E-state index contributed by atoms with van der Waals surface area (Å²) in [7, 11) is 1.75. The number of nitrogens with one attached hydrogen (secondary N) is 2. The zero-order valence-corrected chi connectivity index (χ0v) is 11.8. The minimum atomic E-state index is -0.249. The van der Waals surface area contributed by atoms with Crippen molar-refractivity contribution in [1.82, 2.24) is 10.3 Å². The highest BCUT2D eigenvalue weighted by molar-refractivity contribution is 6.33. The maximum atomic E-state index is 12.2. The molecule has 0 aliphatic carbocycles. The average molecular weight is 284 g/mol. The second-order valence-electron chi connectivity index (χ2n) is 4.66. The Balaban J connectivity index is 2.06. The summed E-state index contributed by atoms with van der Waals surface area (Å²) in [6, 6.07) is 3.44. The molecule has 1 aromatic rings. The molecular weight excluding hydrogens is 266 g/mol. The van der Waals surface area contributed by atoms with Gasteiger partial charge in [-0.1, -0.05) is 11.6 Å². The van der Waals surface area contributed by atoms with E-state index in [9.17, 15) is 4.79 Å². The highest BCUT2D eigenvalue weighted by Gasteiger charge is 2.25. The first-order valence-corrected chi connectivity index (χ1v) is 6.72. The van der Waals surface area contributed by atoms with Crippen LogP contribution in [0.4, 0.5) is 5.82 Å². The van der Waals surface area contributed by atoms with Gasteiger partial charge in [0.25, 0.3) is 5.91 Å². The standard InChI is InChI=1S/C13H18ClN3O2/c1-8(9-5-6-19-7-9)16-13(18)12-10(14)3-4-11(15-2)17-12/h3-4,8-9H,5-7H2,1-2H3,(H,15,17)(H,16,18). The third-order valence-corrected chi connectivity index (χ3v) is 3.65. The van der Waals surface area contributed by atoms with Gasteiger partial charge >= 0.3 is 0 Å². The first-order chi connectivity index (χ1) is 9.11. The largest absolute Gasteiger partial charge is 0.381 e. The number of hydrogen-bond acceptors (Lipinski definition) is 4. The lowest BCUT2D eigenvalue weighted by atomic mass is 10.0. The van der Waals surface area contributed by atoms with Crippen molar-refractivity contribution in [1.29, 1.82) is 0 Å². The highest BCUT2D eigenvalue weighted by Crippen LogP contribution is 2.19. The van der Waals surface area contributed by atoms with Crippen molar-refractivity contribution >= 4 is 23.3 Å². The summed E-state index contributed by atoms with van der Waals surface area (Å²) in [6.45, 7) is 3.44. The molecule has 2 rings (SSSR count). The topological polar surface area (TPSA) is 63.2 Å². The summed E-state index contributed by atoms with van der Waals surface area (Å²) in [5.41, 5.74) is 0.249. The second kappa shape index (κ2) is 6.21. The van der Waals surface area contributed by atoms with E-state index in [0.717, 1.165) is 13.0 Å². The number of nitrogens with zero attached hydrogens (tertiary/aromatic N) is 1. The fourth-order valence-corrected chi connectivity index (χ4v) is 2.27. The van der Waals surface area contributed by atoms with Crippen molar-refractivity contribution in [3.05, 3.63) is 22.8 Å². The fourth-order valence-electron chi connectivity index (χ4n) is 2.08. The molecular formula is C13H18ClN3O2. The normalized spacial score (nSPS) is 20.1. The average Bonchev–Trinajstić information content (AvgIpc) is 2.93. The van der Waals surface area contributed by atoms with Crippen molar-refractivity contribution in [3.8, 4) is 0 Å². The lowest BCUT2D eigenvalue weighted by Gasteiger charge is -2.19. The molecule has 2 atom stereocenters. The van der Waals surface area contributed by atoms with Crippen LogP contribution in [-0.4, -0.2) is 37.2 Å². The van der Waals surface area contributed by atoms with E-state index in [1.54, 1.807) is 19.2 Å². The van der Waals surface area contributed by atoms with Crippen molar-refractivity contribution < 1.29 is 9.53 Å². The van der Waals surface area contributed by atoms with Gasteiger partial charge in [0.1, 0.15) is 11.5 Å². The first kappa shape index (κ1) is 14.1. The number of carbonyl (C=O) groups excluding carboxylic acids is 1. The number of aromatic nitrogens is 1. The van der Waals surface area contributed by atoms with Crippen LogP contribution >= 0.6 is 11.6 Å². The minimum Gasteiger partial charge on any atom is -0.381 e. The van der Waals surface area contributed by atoms with E-state index >= 15 is 0 Å². The van der Waals surface area contributed by atoms with Crippen molar-refractivity contribution in [3.63, 3.8) is 0 Å². The van der Waals surface area contributed by atoms with Gasteiger partial charge in [0, 0.05) is 25.6 Å². The smallest absolute Gasteiger partial charge is 0.271 e. The van der Waals surface area contributed by atoms with E-state index in [0.29, 0.717) is 23.4 Å². The Morgan fingerprint density at radius 2 is 2.37 bits per heavy atom. The van der Waals surface area contributed by atoms with Crippen LogP contribution in [0, 0.1) is 5.92 Å². The van der Waals surface area contributed by atoms with Crippen LogP contribution in [0.5, 0.6) is 0 Å². The monoisotopic (exact) mass is 283 g/mol. The van der Waals surface area contributed by atoms with Gasteiger partial charge in [0.15, 0.2) is 0 Å². The molecule has 0 spiro atoms. The third kappa shape index (κ3) is 3.36. The van der Waals surface area contributed by atoms with Gasteiger partial charge in [-0.05, 0) is 25.5 Å².